The topological polar surface area (TPSA) is 118 Å². The molecule has 0 bridgehead atoms. The molecule has 8 nitrogen and oxygen atoms in total. The van der Waals surface area contributed by atoms with E-state index in [1.807, 2.05) is 41.5 Å². The minimum Gasteiger partial charge on any atom is -0.444 e. The Kier molecular flexibility index (Phi) is 13.7. The molecule has 36 heavy (non-hydrogen) atoms. The Morgan fingerprint density at radius 2 is 1.78 bits per heavy atom. The van der Waals surface area contributed by atoms with E-state index in [1.54, 1.807) is 11.1 Å². The molecule has 3 N–H and O–H groups in total. The lowest BCUT2D eigenvalue weighted by Gasteiger charge is -2.34. The van der Waals surface area contributed by atoms with E-state index in [0.29, 0.717) is 25.3 Å². The van der Waals surface area contributed by atoms with Gasteiger partial charge in [0, 0.05) is 38.3 Å². The largest absolute Gasteiger partial charge is 0.444 e. The van der Waals surface area contributed by atoms with Crippen LogP contribution in [0, 0.1) is 11.3 Å². The number of nitrogens with two attached hydrogens (primary N) is 1. The molecule has 1 saturated heterocycles. The molecule has 2 fully saturated rings. The molecule has 2 amide bonds. The summed E-state index contributed by atoms with van der Waals surface area (Å²) >= 11 is 3.33. The van der Waals surface area contributed by atoms with Gasteiger partial charge in [0.05, 0.1) is 6.20 Å². The monoisotopic (exact) mass is 570 g/mol. The summed E-state index contributed by atoms with van der Waals surface area (Å²) in [6.45, 7) is 12.8. The van der Waals surface area contributed by atoms with E-state index in [-0.39, 0.29) is 23.3 Å². The number of amides is 2. The predicted octanol–water partition coefficient (Wildman–Crippen LogP) is 6.18. The highest BCUT2D eigenvalue weighted by Crippen LogP contribution is 2.59. The van der Waals surface area contributed by atoms with Crippen molar-refractivity contribution in [1.29, 1.82) is 0 Å². The van der Waals surface area contributed by atoms with E-state index >= 15 is 0 Å². The fourth-order valence-corrected chi connectivity index (χ4v) is 4.70. The second kappa shape index (κ2) is 15.4. The highest BCUT2D eigenvalue weighted by Gasteiger charge is 2.58. The molecule has 2 heterocycles. The number of H-pyrrole nitrogens is 1. The number of hydrogen-bond acceptors (Lipinski definition) is 5. The van der Waals surface area contributed by atoms with E-state index in [0.717, 1.165) is 61.8 Å². The van der Waals surface area contributed by atoms with Crippen LogP contribution in [0.2, 0.25) is 0 Å². The van der Waals surface area contributed by atoms with E-state index < -0.39 is 5.60 Å². The number of nitrogens with one attached hydrogen (secondary N) is 1. The van der Waals surface area contributed by atoms with Crippen LogP contribution in [0.15, 0.2) is 10.8 Å². The summed E-state index contributed by atoms with van der Waals surface area (Å²) in [5.74, 6) is 1.26. The summed E-state index contributed by atoms with van der Waals surface area (Å²) in [5, 5.41) is 0. The number of likely N-dealkylation sites (tertiary alicyclic amines) is 1. The van der Waals surface area contributed by atoms with Crippen LogP contribution in [-0.4, -0.2) is 51.3 Å². The molecule has 9 heteroatoms. The van der Waals surface area contributed by atoms with Gasteiger partial charge in [0.15, 0.2) is 0 Å². The molecule has 1 atom stereocenters. The van der Waals surface area contributed by atoms with Gasteiger partial charge < -0.3 is 20.4 Å². The van der Waals surface area contributed by atoms with Crippen molar-refractivity contribution in [2.24, 2.45) is 17.1 Å². The van der Waals surface area contributed by atoms with E-state index in [4.69, 9.17) is 10.5 Å². The van der Waals surface area contributed by atoms with Crippen molar-refractivity contribution in [2.75, 3.05) is 13.1 Å². The van der Waals surface area contributed by atoms with Crippen LogP contribution >= 0.6 is 15.9 Å². The van der Waals surface area contributed by atoms with Crippen molar-refractivity contribution < 1.29 is 19.1 Å². The molecule has 206 valence electrons. The number of nitrogens with zero attached hydrogens (tertiary/aromatic N) is 2. The average molecular weight is 572 g/mol. The third-order valence-corrected chi connectivity index (χ3v) is 6.96. The molecule has 1 aliphatic heterocycles. The summed E-state index contributed by atoms with van der Waals surface area (Å²) in [4.78, 5) is 43.2. The van der Waals surface area contributed by atoms with Gasteiger partial charge in [-0.3, -0.25) is 9.59 Å². The van der Waals surface area contributed by atoms with Gasteiger partial charge in [-0.25, -0.2) is 9.78 Å². The zero-order valence-electron chi connectivity index (χ0n) is 23.1. The number of primary amides is 1. The van der Waals surface area contributed by atoms with Crippen molar-refractivity contribution in [3.8, 4) is 0 Å². The number of imidazole rings is 1. The maximum Gasteiger partial charge on any atom is 0.410 e. The molecular weight excluding hydrogens is 524 g/mol. The minimum atomic E-state index is -0.457. The first-order valence-electron chi connectivity index (χ1n) is 13.4. The predicted molar refractivity (Wildman–Crippen MR) is 146 cm³/mol. The Bertz CT molecular complexity index is 826. The smallest absolute Gasteiger partial charge is 0.410 e. The number of carbonyl (C=O) groups excluding carboxylic acids is 3. The molecule has 1 saturated carbocycles. The number of aryl methyl sites for hydroxylation is 1. The maximum atomic E-state index is 11.9. The molecule has 1 spiro atoms. The molecule has 3 rings (SSSR count). The van der Waals surface area contributed by atoms with Crippen molar-refractivity contribution in [1.82, 2.24) is 14.9 Å². The second-order valence-corrected chi connectivity index (χ2v) is 11.3. The maximum absolute atomic E-state index is 11.9. The van der Waals surface area contributed by atoms with E-state index in [2.05, 4.69) is 25.9 Å². The molecule has 1 aromatic heterocycles. The highest BCUT2D eigenvalue weighted by atomic mass is 79.9. The Labute approximate surface area is 225 Å². The molecule has 1 aromatic rings. The number of halogens is 1. The highest BCUT2D eigenvalue weighted by molar-refractivity contribution is 9.10. The van der Waals surface area contributed by atoms with Gasteiger partial charge >= 0.3 is 6.09 Å². The zero-order valence-corrected chi connectivity index (χ0v) is 24.7. The number of carbonyl (C=O) groups is 3. The van der Waals surface area contributed by atoms with Crippen molar-refractivity contribution >= 4 is 33.7 Å². The van der Waals surface area contributed by atoms with Crippen molar-refractivity contribution in [3.63, 3.8) is 0 Å². The van der Waals surface area contributed by atoms with Gasteiger partial charge in [-0.05, 0) is 74.2 Å². The van der Waals surface area contributed by atoms with Gasteiger partial charge in [-0.2, -0.15) is 0 Å². The van der Waals surface area contributed by atoms with Gasteiger partial charge in [0.1, 0.15) is 21.8 Å². The Hall–Kier alpha value is -1.90. The lowest BCUT2D eigenvalue weighted by molar-refractivity contribution is -0.120. The van der Waals surface area contributed by atoms with Crippen LogP contribution in [-0.2, 0) is 20.7 Å². The molecule has 2 aliphatic rings. The quantitative estimate of drug-likeness (QED) is 0.343. The average Bonchev–Trinajstić information content (AvgIpc) is 3.37. The normalized spacial score (nSPS) is 17.9. The van der Waals surface area contributed by atoms with Crippen molar-refractivity contribution in [2.45, 2.75) is 111 Å². The third-order valence-electron chi connectivity index (χ3n) is 6.56. The number of Topliss-reactive ketones (excluding diaryl/α,β-unsaturated/α-hetero) is 1. The lowest BCUT2D eigenvalue weighted by Crippen LogP contribution is -2.43. The molecule has 0 radical (unpaired) electrons. The second-order valence-electron chi connectivity index (χ2n) is 10.5. The summed E-state index contributed by atoms with van der Waals surface area (Å²) in [6, 6.07) is 0. The summed E-state index contributed by atoms with van der Waals surface area (Å²) in [6.07, 6.45) is 11.1. The standard InChI is InChI=1S/C13H22N2O3.C12H19BrN2O.C2H6/c1-12(2,3)18-11(17)15-6-4-13(5-7-15)8-9(13)10(14)16;1-2-10(16)7-5-3-4-6-8-12-14-9-11(13)15-12;1-2/h9H,4-8H2,1-3H3,(H2,14,16);9H,2-8H2,1H3,(H,14,15);1-2H3. The van der Waals surface area contributed by atoms with Gasteiger partial charge in [0.2, 0.25) is 5.91 Å². The van der Waals surface area contributed by atoms with Gasteiger partial charge in [-0.15, -0.1) is 0 Å². The number of rotatable bonds is 9. The number of piperidine rings is 1. The van der Waals surface area contributed by atoms with Crippen LogP contribution in [0.5, 0.6) is 0 Å². The van der Waals surface area contributed by atoms with Crippen LogP contribution in [0.4, 0.5) is 4.79 Å². The van der Waals surface area contributed by atoms with Crippen LogP contribution in [0.25, 0.3) is 0 Å². The zero-order chi connectivity index (χ0) is 27.4. The number of ether oxygens (including phenoxy) is 1. The van der Waals surface area contributed by atoms with Crippen LogP contribution in [0.3, 0.4) is 0 Å². The molecule has 1 unspecified atom stereocenters. The fourth-order valence-electron chi connectivity index (χ4n) is 4.37. The number of aromatic amines is 1. The van der Waals surface area contributed by atoms with E-state index in [1.165, 1.54) is 6.42 Å². The first kappa shape index (κ1) is 32.1. The number of hydrogen-bond donors (Lipinski definition) is 2. The number of aromatic nitrogens is 2. The van der Waals surface area contributed by atoms with Gasteiger partial charge in [0.25, 0.3) is 0 Å². The molecule has 1 aliphatic carbocycles. The Morgan fingerprint density at radius 3 is 2.25 bits per heavy atom. The fraction of sp³-hybridized carbons (Fsp3) is 0.778. The summed E-state index contributed by atoms with van der Waals surface area (Å²) in [7, 11) is 0. The molecular formula is C27H47BrN4O4. The third kappa shape index (κ3) is 11.4. The van der Waals surface area contributed by atoms with Crippen LogP contribution < -0.4 is 5.73 Å². The Morgan fingerprint density at radius 1 is 1.17 bits per heavy atom. The minimum absolute atomic E-state index is 0.0262. The molecule has 0 aromatic carbocycles. The Balaban J connectivity index is 0.000000339. The number of unbranched alkanes of at least 4 members (excludes halogenated alkanes) is 3. The first-order chi connectivity index (χ1) is 17.0. The summed E-state index contributed by atoms with van der Waals surface area (Å²) < 4.78 is 6.28. The van der Waals surface area contributed by atoms with Crippen molar-refractivity contribution in [3.05, 3.63) is 16.6 Å². The lowest BCUT2D eigenvalue weighted by atomic mass is 9.91. The van der Waals surface area contributed by atoms with Crippen LogP contribution in [0.1, 0.15) is 105 Å². The number of ketones is 1. The summed E-state index contributed by atoms with van der Waals surface area (Å²) in [5.41, 5.74) is 4.97. The van der Waals surface area contributed by atoms with E-state index in [9.17, 15) is 14.4 Å². The van der Waals surface area contributed by atoms with Gasteiger partial charge in [-0.1, -0.05) is 33.6 Å². The first-order valence-corrected chi connectivity index (χ1v) is 14.2. The SMILES string of the molecule is CC.CC(C)(C)OC(=O)N1CCC2(CC1)CC2C(N)=O.CCC(=O)CCCCCCc1ncc(Br)[nH]1.